The predicted molar refractivity (Wildman–Crippen MR) is 49.9 cm³/mol. The quantitative estimate of drug-likeness (QED) is 0.729. The Hall–Kier alpha value is -1.25. The van der Waals surface area contributed by atoms with Crippen LogP contribution in [0.4, 0.5) is 8.78 Å². The highest BCUT2D eigenvalue weighted by Gasteiger charge is 2.09. The van der Waals surface area contributed by atoms with Crippen LogP contribution in [0.15, 0.2) is 18.2 Å². The van der Waals surface area contributed by atoms with Crippen molar-refractivity contribution in [3.05, 3.63) is 35.4 Å². The van der Waals surface area contributed by atoms with Gasteiger partial charge in [0.1, 0.15) is 17.4 Å². The summed E-state index contributed by atoms with van der Waals surface area (Å²) >= 11 is 0. The molecule has 1 atom stereocenters. The van der Waals surface area contributed by atoms with Gasteiger partial charge in [0, 0.05) is 12.0 Å². The summed E-state index contributed by atoms with van der Waals surface area (Å²) in [5.74, 6) is -1.38. The molecule has 0 radical (unpaired) electrons. The minimum Gasteiger partial charge on any atom is -0.300 e. The molecular weight excluding hydrogens is 186 g/mol. The Balaban J connectivity index is 2.81. The third-order valence-corrected chi connectivity index (χ3v) is 2.16. The number of hydrogen-bond acceptors (Lipinski definition) is 1. The minimum atomic E-state index is -0.601. The molecule has 3 heteroatoms. The van der Waals surface area contributed by atoms with Crippen molar-refractivity contribution < 1.29 is 13.6 Å². The number of Topliss-reactive ketones (excluding diaryl/α,β-unsaturated/α-hetero) is 1. The third kappa shape index (κ3) is 2.91. The zero-order valence-corrected chi connectivity index (χ0v) is 8.18. The molecule has 1 rings (SSSR count). The van der Waals surface area contributed by atoms with Gasteiger partial charge in [0.05, 0.1) is 0 Å². The second-order valence-electron chi connectivity index (χ2n) is 3.49. The molecule has 0 bridgehead atoms. The molecule has 0 spiro atoms. The van der Waals surface area contributed by atoms with E-state index >= 15 is 0 Å². The second kappa shape index (κ2) is 4.31. The molecule has 0 N–H and O–H groups in total. The number of rotatable bonds is 3. The van der Waals surface area contributed by atoms with Crippen molar-refractivity contribution in [1.82, 2.24) is 0 Å². The molecule has 0 aliphatic carbocycles. The Bertz CT molecular complexity index is 327. The first-order valence-corrected chi connectivity index (χ1v) is 4.44. The Morgan fingerprint density at radius 3 is 2.21 bits per heavy atom. The highest BCUT2D eigenvalue weighted by atomic mass is 19.1. The van der Waals surface area contributed by atoms with E-state index in [2.05, 4.69) is 0 Å². The van der Waals surface area contributed by atoms with Gasteiger partial charge < -0.3 is 0 Å². The summed E-state index contributed by atoms with van der Waals surface area (Å²) in [7, 11) is 0. The molecule has 0 heterocycles. The molecule has 0 saturated heterocycles. The van der Waals surface area contributed by atoms with Crippen LogP contribution >= 0.6 is 0 Å². The van der Waals surface area contributed by atoms with E-state index < -0.39 is 11.6 Å². The lowest BCUT2D eigenvalue weighted by molar-refractivity contribution is -0.120. The lowest BCUT2D eigenvalue weighted by atomic mass is 9.98. The van der Waals surface area contributed by atoms with Crippen molar-refractivity contribution >= 4 is 5.78 Å². The predicted octanol–water partition coefficient (Wildman–Crippen LogP) is 2.73. The third-order valence-electron chi connectivity index (χ3n) is 2.16. The summed E-state index contributed by atoms with van der Waals surface area (Å²) in [5, 5.41) is 0. The molecule has 0 aliphatic rings. The van der Waals surface area contributed by atoms with Gasteiger partial charge in [0.15, 0.2) is 0 Å². The average Bonchev–Trinajstić information content (AvgIpc) is 2.01. The first-order valence-electron chi connectivity index (χ1n) is 4.44. The zero-order valence-electron chi connectivity index (χ0n) is 8.18. The molecular formula is C11H12F2O. The van der Waals surface area contributed by atoms with Crippen molar-refractivity contribution in [2.24, 2.45) is 5.92 Å². The smallest absolute Gasteiger partial charge is 0.132 e. The molecule has 76 valence electrons. The van der Waals surface area contributed by atoms with Gasteiger partial charge in [-0.05, 0) is 31.0 Å². The monoisotopic (exact) mass is 198 g/mol. The lowest BCUT2D eigenvalue weighted by Gasteiger charge is -2.07. The maximum atomic E-state index is 12.8. The standard InChI is InChI=1S/C11H12F2O/c1-7(8(2)14)3-9-4-10(12)6-11(13)5-9/h4-7H,3H2,1-2H3. The number of ketones is 1. The van der Waals surface area contributed by atoms with Crippen LogP contribution < -0.4 is 0 Å². The fourth-order valence-electron chi connectivity index (χ4n) is 1.23. The summed E-state index contributed by atoms with van der Waals surface area (Å²) in [5.41, 5.74) is 0.519. The summed E-state index contributed by atoms with van der Waals surface area (Å²) in [4.78, 5) is 10.9. The maximum Gasteiger partial charge on any atom is 0.132 e. The maximum absolute atomic E-state index is 12.8. The molecule has 0 aromatic heterocycles. The molecule has 1 aromatic carbocycles. The molecule has 0 fully saturated rings. The van der Waals surface area contributed by atoms with Gasteiger partial charge in [-0.15, -0.1) is 0 Å². The average molecular weight is 198 g/mol. The topological polar surface area (TPSA) is 17.1 Å². The van der Waals surface area contributed by atoms with Gasteiger partial charge in [-0.25, -0.2) is 8.78 Å². The van der Waals surface area contributed by atoms with Crippen LogP contribution in [-0.2, 0) is 11.2 Å². The van der Waals surface area contributed by atoms with Gasteiger partial charge >= 0.3 is 0 Å². The molecule has 1 nitrogen and oxygen atoms in total. The first-order chi connectivity index (χ1) is 6.49. The summed E-state index contributed by atoms with van der Waals surface area (Å²) < 4.78 is 25.5. The minimum absolute atomic E-state index is 0.0228. The van der Waals surface area contributed by atoms with Crippen LogP contribution in [0.5, 0.6) is 0 Å². The van der Waals surface area contributed by atoms with Crippen molar-refractivity contribution in [2.75, 3.05) is 0 Å². The Kier molecular flexibility index (Phi) is 3.33. The van der Waals surface area contributed by atoms with Crippen LogP contribution in [0.3, 0.4) is 0 Å². The van der Waals surface area contributed by atoms with Crippen LogP contribution in [0.2, 0.25) is 0 Å². The van der Waals surface area contributed by atoms with E-state index in [0.29, 0.717) is 12.0 Å². The Morgan fingerprint density at radius 2 is 1.79 bits per heavy atom. The van der Waals surface area contributed by atoms with Crippen molar-refractivity contribution in [2.45, 2.75) is 20.3 Å². The molecule has 0 amide bonds. The second-order valence-corrected chi connectivity index (χ2v) is 3.49. The van der Waals surface area contributed by atoms with E-state index in [1.54, 1.807) is 6.92 Å². The number of carbonyl (C=O) groups is 1. The SMILES string of the molecule is CC(=O)C(C)Cc1cc(F)cc(F)c1. The zero-order chi connectivity index (χ0) is 10.7. The van der Waals surface area contributed by atoms with E-state index in [1.807, 2.05) is 0 Å². The van der Waals surface area contributed by atoms with Crippen LogP contribution in [0, 0.1) is 17.6 Å². The van der Waals surface area contributed by atoms with Gasteiger partial charge in [0.25, 0.3) is 0 Å². The summed E-state index contributed by atoms with van der Waals surface area (Å²) in [6.45, 7) is 3.21. The lowest BCUT2D eigenvalue weighted by Crippen LogP contribution is -2.09. The molecule has 1 aromatic rings. The number of benzene rings is 1. The fourth-order valence-corrected chi connectivity index (χ4v) is 1.23. The van der Waals surface area contributed by atoms with E-state index in [1.165, 1.54) is 19.1 Å². The molecule has 0 saturated carbocycles. The summed E-state index contributed by atoms with van der Waals surface area (Å²) in [6, 6.07) is 3.33. The van der Waals surface area contributed by atoms with E-state index in [4.69, 9.17) is 0 Å². The highest BCUT2D eigenvalue weighted by Crippen LogP contribution is 2.13. The fraction of sp³-hybridized carbons (Fsp3) is 0.364. The number of hydrogen-bond donors (Lipinski definition) is 0. The van der Waals surface area contributed by atoms with Crippen molar-refractivity contribution in [1.29, 1.82) is 0 Å². The van der Waals surface area contributed by atoms with Crippen molar-refractivity contribution in [3.8, 4) is 0 Å². The number of halogens is 2. The van der Waals surface area contributed by atoms with Gasteiger partial charge in [-0.2, -0.15) is 0 Å². The largest absolute Gasteiger partial charge is 0.300 e. The van der Waals surface area contributed by atoms with Gasteiger partial charge in [0.2, 0.25) is 0 Å². The molecule has 1 unspecified atom stereocenters. The summed E-state index contributed by atoms with van der Waals surface area (Å²) in [6.07, 6.45) is 0.379. The van der Waals surface area contributed by atoms with E-state index in [0.717, 1.165) is 6.07 Å². The Labute approximate surface area is 81.7 Å². The first kappa shape index (κ1) is 10.8. The number of carbonyl (C=O) groups excluding carboxylic acids is 1. The normalized spacial score (nSPS) is 12.6. The van der Waals surface area contributed by atoms with Crippen LogP contribution in [-0.4, -0.2) is 5.78 Å². The highest BCUT2D eigenvalue weighted by molar-refractivity contribution is 5.78. The van der Waals surface area contributed by atoms with E-state index in [-0.39, 0.29) is 11.7 Å². The van der Waals surface area contributed by atoms with Crippen molar-refractivity contribution in [3.63, 3.8) is 0 Å². The van der Waals surface area contributed by atoms with Crippen LogP contribution in [0.25, 0.3) is 0 Å². The Morgan fingerprint density at radius 1 is 1.29 bits per heavy atom. The molecule has 14 heavy (non-hydrogen) atoms. The van der Waals surface area contributed by atoms with Crippen LogP contribution in [0.1, 0.15) is 19.4 Å². The van der Waals surface area contributed by atoms with E-state index in [9.17, 15) is 13.6 Å². The van der Waals surface area contributed by atoms with Gasteiger partial charge in [-0.3, -0.25) is 4.79 Å². The molecule has 0 aliphatic heterocycles. The van der Waals surface area contributed by atoms with Gasteiger partial charge in [-0.1, -0.05) is 6.92 Å².